The number of benzene rings is 1. The molecule has 2 aliphatic rings. The number of nitrogens with one attached hydrogen (secondary N) is 1. The van der Waals surface area contributed by atoms with Gasteiger partial charge in [-0.25, -0.2) is 0 Å². The topological polar surface area (TPSA) is 52.0 Å². The molecule has 1 aromatic heterocycles. The molecule has 23 heavy (non-hydrogen) atoms. The number of fused-ring (bicyclic) bond motifs is 2. The van der Waals surface area contributed by atoms with Crippen LogP contribution < -0.4 is 5.32 Å². The van der Waals surface area contributed by atoms with Crippen LogP contribution in [0.25, 0.3) is 0 Å². The Morgan fingerprint density at radius 1 is 1.35 bits per heavy atom. The molecule has 0 bridgehead atoms. The maximum atomic E-state index is 6.41. The van der Waals surface area contributed by atoms with E-state index in [1.807, 2.05) is 13.2 Å². The van der Waals surface area contributed by atoms with Crippen molar-refractivity contribution >= 4 is 0 Å². The van der Waals surface area contributed by atoms with Crippen molar-refractivity contribution in [3.05, 3.63) is 46.8 Å². The van der Waals surface area contributed by atoms with E-state index in [4.69, 9.17) is 4.74 Å². The van der Waals surface area contributed by atoms with Crippen LogP contribution in [0, 0.1) is 6.92 Å². The molecule has 1 aromatic carbocycles. The molecule has 3 heterocycles. The van der Waals surface area contributed by atoms with Gasteiger partial charge in [0.05, 0.1) is 23.9 Å². The molecule has 122 valence electrons. The quantitative estimate of drug-likeness (QED) is 0.878. The molecular weight excluding hydrogens is 288 g/mol. The van der Waals surface area contributed by atoms with Crippen LogP contribution in [0.1, 0.15) is 48.2 Å². The van der Waals surface area contributed by atoms with E-state index in [0.717, 1.165) is 31.6 Å². The molecule has 0 unspecified atom stereocenters. The lowest BCUT2D eigenvalue weighted by Crippen LogP contribution is -2.50. The Hall–Kier alpha value is -1.72. The first-order chi connectivity index (χ1) is 11.1. The number of piperidine rings is 1. The fraction of sp³-hybridized carbons (Fsp3) is 0.556. The van der Waals surface area contributed by atoms with E-state index < -0.39 is 0 Å². The van der Waals surface area contributed by atoms with E-state index in [0.29, 0.717) is 6.04 Å². The molecule has 1 saturated heterocycles. The van der Waals surface area contributed by atoms with Gasteiger partial charge in [-0.3, -0.25) is 4.68 Å². The van der Waals surface area contributed by atoms with Crippen LogP contribution >= 0.6 is 0 Å². The lowest BCUT2D eigenvalue weighted by Gasteiger charge is -2.47. The lowest BCUT2D eigenvalue weighted by molar-refractivity contribution is -0.0987. The van der Waals surface area contributed by atoms with Crippen molar-refractivity contribution in [1.29, 1.82) is 0 Å². The molecule has 4 rings (SSSR count). The summed E-state index contributed by atoms with van der Waals surface area (Å²) in [6, 6.07) is 7.36. The number of hydrogen-bond acceptors (Lipinski definition) is 4. The van der Waals surface area contributed by atoms with Crippen molar-refractivity contribution in [2.75, 3.05) is 6.61 Å². The Morgan fingerprint density at radius 3 is 3.00 bits per heavy atom. The number of aryl methyl sites for hydroxylation is 2. The predicted molar refractivity (Wildman–Crippen MR) is 88.1 cm³/mol. The van der Waals surface area contributed by atoms with Gasteiger partial charge in [0.25, 0.3) is 0 Å². The van der Waals surface area contributed by atoms with Gasteiger partial charge in [0, 0.05) is 25.7 Å². The number of nitrogens with zero attached hydrogens (tertiary/aromatic N) is 3. The molecule has 2 aromatic rings. The van der Waals surface area contributed by atoms with Gasteiger partial charge in [-0.1, -0.05) is 29.0 Å². The minimum Gasteiger partial charge on any atom is -0.370 e. The Kier molecular flexibility index (Phi) is 3.50. The molecule has 1 N–H and O–H groups in total. The highest BCUT2D eigenvalue weighted by atomic mass is 16.5. The van der Waals surface area contributed by atoms with Crippen LogP contribution in [0.5, 0.6) is 0 Å². The second-order valence-corrected chi connectivity index (χ2v) is 7.10. The SMILES string of the molecule is Cc1ccc2c(c1)CCO[C@@]21C[C@@H](c2cn(C)nn2)N[C@@H](C)C1. The average Bonchev–Trinajstić information content (AvgIpc) is 2.93. The monoisotopic (exact) mass is 312 g/mol. The van der Waals surface area contributed by atoms with Gasteiger partial charge in [-0.05, 0) is 37.8 Å². The zero-order valence-electron chi connectivity index (χ0n) is 14.0. The fourth-order valence-electron chi connectivity index (χ4n) is 4.23. The van der Waals surface area contributed by atoms with Crippen molar-refractivity contribution in [3.8, 4) is 0 Å². The maximum absolute atomic E-state index is 6.41. The van der Waals surface area contributed by atoms with Gasteiger partial charge in [0.1, 0.15) is 0 Å². The molecule has 5 nitrogen and oxygen atoms in total. The van der Waals surface area contributed by atoms with Gasteiger partial charge in [0.2, 0.25) is 0 Å². The zero-order valence-corrected chi connectivity index (χ0v) is 14.0. The van der Waals surface area contributed by atoms with Crippen LogP contribution in [-0.2, 0) is 23.8 Å². The summed E-state index contributed by atoms with van der Waals surface area (Å²) >= 11 is 0. The third-order valence-corrected chi connectivity index (χ3v) is 5.13. The second-order valence-electron chi connectivity index (χ2n) is 7.10. The molecule has 5 heteroatoms. The largest absolute Gasteiger partial charge is 0.370 e. The van der Waals surface area contributed by atoms with Gasteiger partial charge >= 0.3 is 0 Å². The van der Waals surface area contributed by atoms with Crippen LogP contribution in [-0.4, -0.2) is 27.6 Å². The summed E-state index contributed by atoms with van der Waals surface area (Å²) < 4.78 is 8.17. The predicted octanol–water partition coefficient (Wildman–Crippen LogP) is 2.40. The van der Waals surface area contributed by atoms with Crippen LogP contribution in [0.4, 0.5) is 0 Å². The Balaban J connectivity index is 1.73. The normalized spacial score (nSPS) is 30.4. The number of hydrogen-bond donors (Lipinski definition) is 1. The maximum Gasteiger partial charge on any atom is 0.0997 e. The van der Waals surface area contributed by atoms with Gasteiger partial charge < -0.3 is 10.1 Å². The highest BCUT2D eigenvalue weighted by molar-refractivity contribution is 5.38. The summed E-state index contributed by atoms with van der Waals surface area (Å²) in [5, 5.41) is 12.1. The van der Waals surface area contributed by atoms with Gasteiger partial charge in [-0.2, -0.15) is 0 Å². The van der Waals surface area contributed by atoms with E-state index in [1.54, 1.807) is 4.68 Å². The Bertz CT molecular complexity index is 726. The van der Waals surface area contributed by atoms with Crippen molar-refractivity contribution in [1.82, 2.24) is 20.3 Å². The highest BCUT2D eigenvalue weighted by Gasteiger charge is 2.45. The van der Waals surface area contributed by atoms with E-state index in [9.17, 15) is 0 Å². The Morgan fingerprint density at radius 2 is 2.22 bits per heavy atom. The van der Waals surface area contributed by atoms with Crippen molar-refractivity contribution in [2.24, 2.45) is 7.05 Å². The van der Waals surface area contributed by atoms with Gasteiger partial charge in [-0.15, -0.1) is 5.10 Å². The number of ether oxygens (including phenoxy) is 1. The lowest BCUT2D eigenvalue weighted by atomic mass is 9.74. The first-order valence-corrected chi connectivity index (χ1v) is 8.42. The minimum absolute atomic E-state index is 0.180. The number of rotatable bonds is 1. The van der Waals surface area contributed by atoms with Crippen molar-refractivity contribution < 1.29 is 4.74 Å². The number of aromatic nitrogens is 3. The van der Waals surface area contributed by atoms with E-state index in [-0.39, 0.29) is 11.6 Å². The van der Waals surface area contributed by atoms with Crippen LogP contribution in [0.15, 0.2) is 24.4 Å². The van der Waals surface area contributed by atoms with Crippen LogP contribution in [0.3, 0.4) is 0 Å². The van der Waals surface area contributed by atoms with E-state index in [2.05, 4.69) is 47.7 Å². The summed E-state index contributed by atoms with van der Waals surface area (Å²) in [5.41, 5.74) is 4.95. The summed E-state index contributed by atoms with van der Waals surface area (Å²) in [7, 11) is 1.91. The summed E-state index contributed by atoms with van der Waals surface area (Å²) in [6.07, 6.45) is 4.92. The highest BCUT2D eigenvalue weighted by Crippen LogP contribution is 2.46. The van der Waals surface area contributed by atoms with E-state index >= 15 is 0 Å². The molecule has 3 atom stereocenters. The summed E-state index contributed by atoms with van der Waals surface area (Å²) in [4.78, 5) is 0. The average molecular weight is 312 g/mol. The zero-order chi connectivity index (χ0) is 16.0. The molecule has 0 amide bonds. The molecule has 1 spiro atoms. The molecule has 0 saturated carbocycles. The smallest absolute Gasteiger partial charge is 0.0997 e. The first kappa shape index (κ1) is 14.8. The molecule has 2 aliphatic heterocycles. The minimum atomic E-state index is -0.200. The first-order valence-electron chi connectivity index (χ1n) is 8.42. The molecule has 0 aliphatic carbocycles. The summed E-state index contributed by atoms with van der Waals surface area (Å²) in [5.74, 6) is 0. The Labute approximate surface area is 137 Å². The van der Waals surface area contributed by atoms with Gasteiger partial charge in [0.15, 0.2) is 0 Å². The third kappa shape index (κ3) is 2.58. The summed E-state index contributed by atoms with van der Waals surface area (Å²) in [6.45, 7) is 5.20. The van der Waals surface area contributed by atoms with Crippen LogP contribution in [0.2, 0.25) is 0 Å². The standard InChI is InChI=1S/C18H24N4O/c1-12-4-5-15-14(8-12)6-7-23-18(15)9-13(2)19-16(10-18)17-11-22(3)21-20-17/h4-5,8,11,13,16,19H,6-7,9-10H2,1-3H3/t13-,16-,18-/m0/s1. The van der Waals surface area contributed by atoms with Crippen molar-refractivity contribution in [3.63, 3.8) is 0 Å². The molecular formula is C18H24N4O. The van der Waals surface area contributed by atoms with Crippen molar-refractivity contribution in [2.45, 2.75) is 50.8 Å². The fourth-order valence-corrected chi connectivity index (χ4v) is 4.23. The second kappa shape index (κ2) is 5.42. The third-order valence-electron chi connectivity index (χ3n) is 5.13. The van der Waals surface area contributed by atoms with E-state index in [1.165, 1.54) is 16.7 Å². The molecule has 0 radical (unpaired) electrons. The molecule has 1 fully saturated rings.